The van der Waals surface area contributed by atoms with Crippen molar-refractivity contribution in [2.24, 2.45) is 5.92 Å². The van der Waals surface area contributed by atoms with E-state index in [1.165, 1.54) is 25.7 Å². The zero-order valence-corrected chi connectivity index (χ0v) is 9.84. The monoisotopic (exact) mass is 199 g/mol. The predicted molar refractivity (Wildman–Crippen MR) is 60.3 cm³/mol. The molecule has 0 aliphatic heterocycles. The van der Waals surface area contributed by atoms with E-state index in [9.17, 15) is 5.11 Å². The second-order valence-electron chi connectivity index (χ2n) is 5.35. The molecule has 0 spiro atoms. The second kappa shape index (κ2) is 5.13. The lowest BCUT2D eigenvalue weighted by atomic mass is 9.99. The molecule has 84 valence electrons. The Balaban J connectivity index is 2.11. The summed E-state index contributed by atoms with van der Waals surface area (Å²) in [6.45, 7) is 6.95. The molecule has 1 saturated carbocycles. The van der Waals surface area contributed by atoms with Gasteiger partial charge in [0.1, 0.15) is 0 Å². The van der Waals surface area contributed by atoms with Gasteiger partial charge in [-0.25, -0.2) is 0 Å². The van der Waals surface area contributed by atoms with Gasteiger partial charge in [0.05, 0.1) is 5.60 Å². The SMILES string of the molecule is CC(NCCC(C)(C)O)C1CCCC1. The summed E-state index contributed by atoms with van der Waals surface area (Å²) in [7, 11) is 0. The summed E-state index contributed by atoms with van der Waals surface area (Å²) in [5.74, 6) is 0.872. The fourth-order valence-electron chi connectivity index (χ4n) is 2.23. The maximum absolute atomic E-state index is 9.56. The molecule has 0 aromatic heterocycles. The van der Waals surface area contributed by atoms with Crippen molar-refractivity contribution in [3.05, 3.63) is 0 Å². The van der Waals surface area contributed by atoms with E-state index in [2.05, 4.69) is 12.2 Å². The van der Waals surface area contributed by atoms with E-state index in [4.69, 9.17) is 0 Å². The van der Waals surface area contributed by atoms with Crippen LogP contribution in [0.1, 0.15) is 52.9 Å². The maximum Gasteiger partial charge on any atom is 0.0603 e. The van der Waals surface area contributed by atoms with Crippen molar-refractivity contribution in [2.75, 3.05) is 6.54 Å². The maximum atomic E-state index is 9.56. The summed E-state index contributed by atoms with van der Waals surface area (Å²) in [6.07, 6.45) is 6.42. The quantitative estimate of drug-likeness (QED) is 0.712. The number of hydrogen-bond donors (Lipinski definition) is 2. The van der Waals surface area contributed by atoms with Crippen molar-refractivity contribution in [3.63, 3.8) is 0 Å². The fourth-order valence-corrected chi connectivity index (χ4v) is 2.23. The highest BCUT2D eigenvalue weighted by Gasteiger charge is 2.21. The molecular formula is C12H25NO. The molecule has 0 aromatic carbocycles. The summed E-state index contributed by atoms with van der Waals surface area (Å²) in [4.78, 5) is 0. The number of nitrogens with one attached hydrogen (secondary N) is 1. The number of hydrogen-bond acceptors (Lipinski definition) is 2. The van der Waals surface area contributed by atoms with E-state index in [-0.39, 0.29) is 0 Å². The Labute approximate surface area is 88.1 Å². The minimum absolute atomic E-state index is 0.525. The van der Waals surface area contributed by atoms with E-state index < -0.39 is 5.60 Å². The lowest BCUT2D eigenvalue weighted by Gasteiger charge is -2.23. The Bertz CT molecular complexity index is 156. The van der Waals surface area contributed by atoms with Crippen LogP contribution in [0, 0.1) is 5.92 Å². The van der Waals surface area contributed by atoms with Gasteiger partial charge in [-0.2, -0.15) is 0 Å². The van der Waals surface area contributed by atoms with Crippen LogP contribution in [0.5, 0.6) is 0 Å². The largest absolute Gasteiger partial charge is 0.390 e. The van der Waals surface area contributed by atoms with Gasteiger partial charge >= 0.3 is 0 Å². The van der Waals surface area contributed by atoms with Gasteiger partial charge in [0.15, 0.2) is 0 Å². The Kier molecular flexibility index (Phi) is 4.39. The van der Waals surface area contributed by atoms with Gasteiger partial charge in [0, 0.05) is 6.04 Å². The van der Waals surface area contributed by atoms with Crippen LogP contribution in [0.4, 0.5) is 0 Å². The average molecular weight is 199 g/mol. The zero-order valence-electron chi connectivity index (χ0n) is 9.84. The molecule has 0 radical (unpaired) electrons. The summed E-state index contributed by atoms with van der Waals surface area (Å²) >= 11 is 0. The van der Waals surface area contributed by atoms with Gasteiger partial charge in [0.25, 0.3) is 0 Å². The van der Waals surface area contributed by atoms with Crippen molar-refractivity contribution in [1.29, 1.82) is 0 Å². The Morgan fingerprint density at radius 3 is 2.43 bits per heavy atom. The fraction of sp³-hybridized carbons (Fsp3) is 1.00. The molecule has 1 atom stereocenters. The van der Waals surface area contributed by atoms with E-state index in [0.717, 1.165) is 18.9 Å². The third-order valence-corrected chi connectivity index (χ3v) is 3.31. The summed E-state index contributed by atoms with van der Waals surface area (Å²) < 4.78 is 0. The summed E-state index contributed by atoms with van der Waals surface area (Å²) in [5, 5.41) is 13.1. The first-order valence-corrected chi connectivity index (χ1v) is 5.95. The third-order valence-electron chi connectivity index (χ3n) is 3.31. The third kappa shape index (κ3) is 4.43. The topological polar surface area (TPSA) is 32.3 Å². The zero-order chi connectivity index (χ0) is 10.6. The van der Waals surface area contributed by atoms with E-state index >= 15 is 0 Å². The van der Waals surface area contributed by atoms with Gasteiger partial charge in [-0.15, -0.1) is 0 Å². The van der Waals surface area contributed by atoms with Crippen molar-refractivity contribution in [3.8, 4) is 0 Å². The van der Waals surface area contributed by atoms with Crippen LogP contribution >= 0.6 is 0 Å². The normalized spacial score (nSPS) is 21.4. The highest BCUT2D eigenvalue weighted by Crippen LogP contribution is 2.27. The van der Waals surface area contributed by atoms with Crippen molar-refractivity contribution < 1.29 is 5.11 Å². The molecule has 2 N–H and O–H groups in total. The van der Waals surface area contributed by atoms with Crippen LogP contribution in [-0.4, -0.2) is 23.3 Å². The molecule has 1 unspecified atom stereocenters. The van der Waals surface area contributed by atoms with Crippen molar-refractivity contribution >= 4 is 0 Å². The van der Waals surface area contributed by atoms with E-state index in [1.54, 1.807) is 0 Å². The first kappa shape index (κ1) is 12.0. The second-order valence-corrected chi connectivity index (χ2v) is 5.35. The summed E-state index contributed by atoms with van der Waals surface area (Å²) in [6, 6.07) is 0.625. The lowest BCUT2D eigenvalue weighted by Crippen LogP contribution is -2.36. The Hall–Kier alpha value is -0.0800. The van der Waals surface area contributed by atoms with Gasteiger partial charge in [-0.05, 0) is 52.5 Å². The summed E-state index contributed by atoms with van der Waals surface area (Å²) in [5.41, 5.74) is -0.525. The van der Waals surface area contributed by atoms with Crippen molar-refractivity contribution in [2.45, 2.75) is 64.5 Å². The molecule has 0 aromatic rings. The predicted octanol–water partition coefficient (Wildman–Crippen LogP) is 2.32. The van der Waals surface area contributed by atoms with Crippen molar-refractivity contribution in [1.82, 2.24) is 5.32 Å². The van der Waals surface area contributed by atoms with E-state index in [0.29, 0.717) is 6.04 Å². The van der Waals surface area contributed by atoms with Crippen LogP contribution in [-0.2, 0) is 0 Å². The van der Waals surface area contributed by atoms with Gasteiger partial charge in [-0.3, -0.25) is 0 Å². The van der Waals surface area contributed by atoms with Crippen LogP contribution < -0.4 is 5.32 Å². The van der Waals surface area contributed by atoms with Crippen LogP contribution in [0.2, 0.25) is 0 Å². The smallest absolute Gasteiger partial charge is 0.0603 e. The molecule has 0 amide bonds. The molecule has 1 aliphatic rings. The molecule has 2 nitrogen and oxygen atoms in total. The first-order valence-electron chi connectivity index (χ1n) is 5.95. The molecule has 2 heteroatoms. The minimum Gasteiger partial charge on any atom is -0.390 e. The molecule has 1 rings (SSSR count). The van der Waals surface area contributed by atoms with Crippen LogP contribution in [0.25, 0.3) is 0 Å². The van der Waals surface area contributed by atoms with Gasteiger partial charge in [0.2, 0.25) is 0 Å². The van der Waals surface area contributed by atoms with E-state index in [1.807, 2.05) is 13.8 Å². The molecule has 0 bridgehead atoms. The lowest BCUT2D eigenvalue weighted by molar-refractivity contribution is 0.0699. The molecule has 14 heavy (non-hydrogen) atoms. The van der Waals surface area contributed by atoms with Crippen LogP contribution in [0.15, 0.2) is 0 Å². The van der Waals surface area contributed by atoms with Gasteiger partial charge < -0.3 is 10.4 Å². The minimum atomic E-state index is -0.525. The number of rotatable bonds is 5. The highest BCUT2D eigenvalue weighted by atomic mass is 16.3. The molecule has 0 saturated heterocycles. The Morgan fingerprint density at radius 1 is 1.36 bits per heavy atom. The molecular weight excluding hydrogens is 174 g/mol. The average Bonchev–Trinajstić information content (AvgIpc) is 2.53. The standard InChI is InChI=1S/C12H25NO/c1-10(11-6-4-5-7-11)13-9-8-12(2,3)14/h10-11,13-14H,4-9H2,1-3H3. The van der Waals surface area contributed by atoms with Crippen LogP contribution in [0.3, 0.4) is 0 Å². The molecule has 1 fully saturated rings. The highest BCUT2D eigenvalue weighted by molar-refractivity contribution is 4.78. The molecule has 0 heterocycles. The Morgan fingerprint density at radius 2 is 1.93 bits per heavy atom. The number of aliphatic hydroxyl groups is 1. The van der Waals surface area contributed by atoms with Gasteiger partial charge in [-0.1, -0.05) is 12.8 Å². The molecule has 1 aliphatic carbocycles. The first-order chi connectivity index (χ1) is 6.49.